The minimum absolute atomic E-state index is 0.0131. The van der Waals surface area contributed by atoms with E-state index in [9.17, 15) is 14.3 Å². The van der Waals surface area contributed by atoms with Crippen molar-refractivity contribution in [2.75, 3.05) is 11.4 Å². The largest absolute Gasteiger partial charge is 0.477 e. The maximum atomic E-state index is 14.0. The van der Waals surface area contributed by atoms with Crippen molar-refractivity contribution >= 4 is 17.4 Å². The molecule has 1 fully saturated rings. The highest BCUT2D eigenvalue weighted by atomic mass is 19.1. The van der Waals surface area contributed by atoms with Gasteiger partial charge in [-0.1, -0.05) is 13.8 Å². The molecule has 0 amide bonds. The lowest BCUT2D eigenvalue weighted by Gasteiger charge is -2.28. The fraction of sp³-hybridized carbons (Fsp3) is 0.429. The number of carboxylic acid groups (broad SMARTS) is 1. The molecule has 3 aromatic rings. The second-order valence-corrected chi connectivity index (χ2v) is 7.91. The molecule has 1 saturated heterocycles. The number of hydrogen-bond donors (Lipinski definition) is 1. The molecule has 0 aliphatic carbocycles. The molecule has 7 nitrogen and oxygen atoms in total. The molecule has 0 radical (unpaired) electrons. The maximum absolute atomic E-state index is 14.0. The van der Waals surface area contributed by atoms with Crippen LogP contribution in [0.15, 0.2) is 30.7 Å². The Morgan fingerprint density at radius 3 is 2.97 bits per heavy atom. The van der Waals surface area contributed by atoms with Gasteiger partial charge in [0.25, 0.3) is 0 Å². The van der Waals surface area contributed by atoms with Crippen LogP contribution >= 0.6 is 0 Å². The Morgan fingerprint density at radius 1 is 1.38 bits per heavy atom. The number of hydrogen-bond acceptors (Lipinski definition) is 5. The topological polar surface area (TPSA) is 83.6 Å². The normalized spacial score (nSPS) is 16.8. The van der Waals surface area contributed by atoms with E-state index in [0.717, 1.165) is 43.4 Å². The fourth-order valence-corrected chi connectivity index (χ4v) is 3.97. The summed E-state index contributed by atoms with van der Waals surface area (Å²) in [6.45, 7) is 5.12. The summed E-state index contributed by atoms with van der Waals surface area (Å²) in [6, 6.07) is 3.36. The predicted molar refractivity (Wildman–Crippen MR) is 107 cm³/mol. The lowest BCUT2D eigenvalue weighted by molar-refractivity contribution is 0.0698. The Bertz CT molecular complexity index is 1050. The van der Waals surface area contributed by atoms with Gasteiger partial charge in [-0.2, -0.15) is 9.49 Å². The molecule has 0 bridgehead atoms. The number of rotatable bonds is 6. The van der Waals surface area contributed by atoms with Crippen LogP contribution in [0.1, 0.15) is 60.6 Å². The van der Waals surface area contributed by atoms with Crippen molar-refractivity contribution in [3.8, 4) is 0 Å². The van der Waals surface area contributed by atoms with Crippen LogP contribution in [0, 0.1) is 11.9 Å². The van der Waals surface area contributed by atoms with Gasteiger partial charge in [0.2, 0.25) is 5.95 Å². The summed E-state index contributed by atoms with van der Waals surface area (Å²) in [4.78, 5) is 22.0. The van der Waals surface area contributed by atoms with Crippen LogP contribution in [0.4, 0.5) is 10.2 Å². The van der Waals surface area contributed by atoms with Gasteiger partial charge >= 0.3 is 5.97 Å². The zero-order valence-corrected chi connectivity index (χ0v) is 16.5. The van der Waals surface area contributed by atoms with E-state index in [2.05, 4.69) is 33.8 Å². The summed E-state index contributed by atoms with van der Waals surface area (Å²) < 4.78 is 15.5. The van der Waals surface area contributed by atoms with Gasteiger partial charge in [-0.25, -0.2) is 19.3 Å². The summed E-state index contributed by atoms with van der Waals surface area (Å²) in [6.07, 6.45) is 8.37. The molecule has 0 spiro atoms. The highest BCUT2D eigenvalue weighted by Crippen LogP contribution is 2.37. The number of fused-ring (bicyclic) bond motifs is 1. The van der Waals surface area contributed by atoms with E-state index in [4.69, 9.17) is 0 Å². The molecule has 3 aromatic heterocycles. The van der Waals surface area contributed by atoms with E-state index in [1.54, 1.807) is 18.5 Å². The summed E-state index contributed by atoms with van der Waals surface area (Å²) in [5.74, 6) is -0.315. The minimum atomic E-state index is -1.06. The molecular formula is C21H24FN5O2. The molecule has 1 N–H and O–H groups in total. The molecule has 1 aliphatic rings. The number of aromatic carboxylic acids is 1. The van der Waals surface area contributed by atoms with Crippen molar-refractivity contribution in [1.29, 1.82) is 0 Å². The monoisotopic (exact) mass is 397 g/mol. The third-order valence-electron chi connectivity index (χ3n) is 5.47. The van der Waals surface area contributed by atoms with Gasteiger partial charge in [0.05, 0.1) is 12.2 Å². The zero-order valence-electron chi connectivity index (χ0n) is 16.5. The smallest absolute Gasteiger partial charge is 0.341 e. The summed E-state index contributed by atoms with van der Waals surface area (Å²) in [7, 11) is 0. The van der Waals surface area contributed by atoms with E-state index >= 15 is 0 Å². The molecule has 4 rings (SSSR count). The Labute approximate surface area is 168 Å². The number of aromatic nitrogens is 4. The summed E-state index contributed by atoms with van der Waals surface area (Å²) in [5, 5.41) is 13.4. The van der Waals surface area contributed by atoms with Crippen LogP contribution in [0.5, 0.6) is 0 Å². The quantitative estimate of drug-likeness (QED) is 0.636. The van der Waals surface area contributed by atoms with Crippen molar-refractivity contribution in [3.63, 3.8) is 0 Å². The fourth-order valence-electron chi connectivity index (χ4n) is 3.97. The van der Waals surface area contributed by atoms with Crippen LogP contribution in [0.25, 0.3) is 5.65 Å². The molecule has 1 atom stereocenters. The number of carboxylic acids is 1. The number of halogens is 1. The second kappa shape index (κ2) is 7.77. The standard InChI is InChI=1S/C21H24FN5O2/c1-13(2)5-6-14-11-23-18(22)10-15(14)17-4-3-8-26(17)19-7-9-27-20(25-19)16(12-24-27)21(28)29/h7,9-13,17H,3-6,8H2,1-2H3,(H,28,29). The molecule has 29 heavy (non-hydrogen) atoms. The van der Waals surface area contributed by atoms with Crippen molar-refractivity contribution < 1.29 is 14.3 Å². The first-order valence-electron chi connectivity index (χ1n) is 9.92. The van der Waals surface area contributed by atoms with E-state index in [-0.39, 0.29) is 11.6 Å². The third kappa shape index (κ3) is 3.79. The van der Waals surface area contributed by atoms with Crippen molar-refractivity contribution in [3.05, 3.63) is 53.4 Å². The van der Waals surface area contributed by atoms with Gasteiger partial charge in [0.1, 0.15) is 11.4 Å². The van der Waals surface area contributed by atoms with E-state index in [0.29, 0.717) is 17.4 Å². The Kier molecular flexibility index (Phi) is 5.17. The number of pyridine rings is 1. The minimum Gasteiger partial charge on any atom is -0.477 e. The Morgan fingerprint density at radius 2 is 2.21 bits per heavy atom. The van der Waals surface area contributed by atoms with Gasteiger partial charge in [-0.3, -0.25) is 0 Å². The van der Waals surface area contributed by atoms with Crippen LogP contribution in [-0.4, -0.2) is 37.2 Å². The molecule has 1 aliphatic heterocycles. The van der Waals surface area contributed by atoms with Gasteiger partial charge in [-0.15, -0.1) is 0 Å². The average molecular weight is 397 g/mol. The van der Waals surface area contributed by atoms with Gasteiger partial charge in [0.15, 0.2) is 5.65 Å². The molecule has 0 saturated carbocycles. The number of anilines is 1. The highest BCUT2D eigenvalue weighted by molar-refractivity contribution is 5.94. The molecule has 152 valence electrons. The van der Waals surface area contributed by atoms with Gasteiger partial charge in [-0.05, 0) is 54.9 Å². The average Bonchev–Trinajstić information content (AvgIpc) is 3.33. The van der Waals surface area contributed by atoms with Gasteiger partial charge < -0.3 is 10.0 Å². The first-order chi connectivity index (χ1) is 13.9. The van der Waals surface area contributed by atoms with E-state index in [1.165, 1.54) is 10.7 Å². The molecular weight excluding hydrogens is 373 g/mol. The maximum Gasteiger partial charge on any atom is 0.341 e. The molecule has 8 heteroatoms. The van der Waals surface area contributed by atoms with Crippen LogP contribution < -0.4 is 4.90 Å². The van der Waals surface area contributed by atoms with Crippen LogP contribution in [-0.2, 0) is 6.42 Å². The third-order valence-corrected chi connectivity index (χ3v) is 5.47. The first-order valence-corrected chi connectivity index (χ1v) is 9.92. The zero-order chi connectivity index (χ0) is 20.5. The molecule has 1 unspecified atom stereocenters. The van der Waals surface area contributed by atoms with Crippen LogP contribution in [0.3, 0.4) is 0 Å². The lowest BCUT2D eigenvalue weighted by atomic mass is 9.95. The SMILES string of the molecule is CC(C)CCc1cnc(F)cc1C1CCCN1c1ccn2ncc(C(=O)O)c2n1. The number of carbonyl (C=O) groups is 1. The summed E-state index contributed by atoms with van der Waals surface area (Å²) >= 11 is 0. The second-order valence-electron chi connectivity index (χ2n) is 7.91. The van der Waals surface area contributed by atoms with Gasteiger partial charge in [0, 0.05) is 18.9 Å². The Hall–Kier alpha value is -3.03. The van der Waals surface area contributed by atoms with E-state index < -0.39 is 11.9 Å². The first kappa shape index (κ1) is 19.3. The van der Waals surface area contributed by atoms with Crippen molar-refractivity contribution in [2.45, 2.75) is 45.6 Å². The lowest BCUT2D eigenvalue weighted by Crippen LogP contribution is -2.25. The van der Waals surface area contributed by atoms with Crippen molar-refractivity contribution in [1.82, 2.24) is 19.6 Å². The molecule has 4 heterocycles. The molecule has 0 aromatic carbocycles. The number of nitrogens with zero attached hydrogens (tertiary/aromatic N) is 5. The number of aryl methyl sites for hydroxylation is 1. The van der Waals surface area contributed by atoms with Crippen LogP contribution in [0.2, 0.25) is 0 Å². The highest BCUT2D eigenvalue weighted by Gasteiger charge is 2.30. The van der Waals surface area contributed by atoms with Crippen molar-refractivity contribution in [2.24, 2.45) is 5.92 Å². The predicted octanol–water partition coefficient (Wildman–Crippen LogP) is 3.89. The van der Waals surface area contributed by atoms with E-state index in [1.807, 2.05) is 6.07 Å². The Balaban J connectivity index is 1.71. The summed E-state index contributed by atoms with van der Waals surface area (Å²) in [5.41, 5.74) is 2.38.